The van der Waals surface area contributed by atoms with Crippen LogP contribution in [-0.2, 0) is 14.3 Å². The molecule has 14 heavy (non-hydrogen) atoms. The van der Waals surface area contributed by atoms with Crippen LogP contribution in [0.5, 0.6) is 0 Å². The molecule has 0 aromatic rings. The number of amides is 2. The van der Waals surface area contributed by atoms with Crippen molar-refractivity contribution >= 4 is 11.8 Å². The van der Waals surface area contributed by atoms with Crippen molar-refractivity contribution in [3.05, 3.63) is 0 Å². The molecule has 1 heterocycles. The number of hydrogen-bond acceptors (Lipinski definition) is 3. The predicted molar refractivity (Wildman–Crippen MR) is 50.7 cm³/mol. The molecule has 0 spiro atoms. The molecule has 1 aliphatic heterocycles. The second-order valence-electron chi connectivity index (χ2n) is 3.29. The monoisotopic (exact) mass is 200 g/mol. The molecule has 1 N–H and O–H groups in total. The van der Waals surface area contributed by atoms with Gasteiger partial charge in [0.15, 0.2) is 0 Å². The van der Waals surface area contributed by atoms with Crippen molar-refractivity contribution in [2.75, 3.05) is 27.3 Å². The number of nitrogens with zero attached hydrogens (tertiary/aromatic N) is 1. The fourth-order valence-corrected chi connectivity index (χ4v) is 1.71. The largest absolute Gasteiger partial charge is 0.375 e. The number of carbonyl (C=O) groups is 2. The molecule has 0 saturated carbocycles. The van der Waals surface area contributed by atoms with Crippen molar-refractivity contribution < 1.29 is 14.3 Å². The lowest BCUT2D eigenvalue weighted by Gasteiger charge is -2.22. The average molecular weight is 200 g/mol. The molecular weight excluding hydrogens is 184 g/mol. The van der Waals surface area contributed by atoms with E-state index in [4.69, 9.17) is 4.74 Å². The molecule has 1 fully saturated rings. The highest BCUT2D eigenvalue weighted by molar-refractivity contribution is 5.88. The molecule has 1 aliphatic rings. The number of likely N-dealkylation sites (N-methyl/N-ethyl adjacent to an activating group) is 1. The van der Waals surface area contributed by atoms with E-state index in [1.54, 1.807) is 11.9 Å². The number of rotatable bonds is 3. The molecule has 1 unspecified atom stereocenters. The summed E-state index contributed by atoms with van der Waals surface area (Å²) in [5.74, 6) is -0.203. The highest BCUT2D eigenvalue weighted by Gasteiger charge is 2.32. The lowest BCUT2D eigenvalue weighted by atomic mass is 10.2. The number of hydrogen-bond donors (Lipinski definition) is 1. The van der Waals surface area contributed by atoms with Crippen LogP contribution in [0.3, 0.4) is 0 Å². The minimum Gasteiger partial charge on any atom is -0.375 e. The standard InChI is InChI=1S/C9H16N2O3/c1-10-9(13)7-4-3-5-11(7)8(12)6-14-2/h7H,3-6H2,1-2H3,(H,10,13). The first-order chi connectivity index (χ1) is 6.70. The van der Waals surface area contributed by atoms with Crippen LogP contribution in [-0.4, -0.2) is 50.1 Å². The minimum atomic E-state index is -0.303. The second kappa shape index (κ2) is 4.95. The third-order valence-corrected chi connectivity index (χ3v) is 2.39. The van der Waals surface area contributed by atoms with Gasteiger partial charge in [-0.3, -0.25) is 9.59 Å². The van der Waals surface area contributed by atoms with Gasteiger partial charge < -0.3 is 15.0 Å². The summed E-state index contributed by atoms with van der Waals surface area (Å²) in [6.45, 7) is 0.702. The molecule has 0 aliphatic carbocycles. The van der Waals surface area contributed by atoms with Crippen molar-refractivity contribution in [1.29, 1.82) is 0 Å². The van der Waals surface area contributed by atoms with Gasteiger partial charge in [-0.05, 0) is 12.8 Å². The van der Waals surface area contributed by atoms with Gasteiger partial charge >= 0.3 is 0 Å². The van der Waals surface area contributed by atoms with E-state index in [1.807, 2.05) is 0 Å². The van der Waals surface area contributed by atoms with E-state index in [9.17, 15) is 9.59 Å². The molecule has 0 radical (unpaired) electrons. The molecule has 1 atom stereocenters. The lowest BCUT2D eigenvalue weighted by molar-refractivity contribution is -0.141. The SMILES string of the molecule is CNC(=O)C1CCCN1C(=O)COC. The first kappa shape index (κ1) is 11.0. The minimum absolute atomic E-state index is 0.0491. The Kier molecular flexibility index (Phi) is 3.88. The molecule has 1 saturated heterocycles. The van der Waals surface area contributed by atoms with Crippen LogP contribution < -0.4 is 5.32 Å². The van der Waals surface area contributed by atoms with Crippen molar-refractivity contribution in [2.24, 2.45) is 0 Å². The number of ether oxygens (including phenoxy) is 1. The summed E-state index contributed by atoms with van der Waals surface area (Å²) in [7, 11) is 3.06. The summed E-state index contributed by atoms with van der Waals surface area (Å²) < 4.78 is 4.75. The zero-order valence-electron chi connectivity index (χ0n) is 8.58. The highest BCUT2D eigenvalue weighted by Crippen LogP contribution is 2.17. The molecule has 0 aromatic carbocycles. The summed E-state index contributed by atoms with van der Waals surface area (Å²) in [5, 5.41) is 2.56. The van der Waals surface area contributed by atoms with Gasteiger partial charge in [-0.2, -0.15) is 0 Å². The Morgan fingerprint density at radius 2 is 2.29 bits per heavy atom. The maximum absolute atomic E-state index is 11.5. The maximum atomic E-state index is 11.5. The van der Waals surface area contributed by atoms with E-state index >= 15 is 0 Å². The van der Waals surface area contributed by atoms with Crippen molar-refractivity contribution in [2.45, 2.75) is 18.9 Å². The molecule has 1 rings (SSSR count). The summed E-state index contributed by atoms with van der Waals surface area (Å²) >= 11 is 0. The van der Waals surface area contributed by atoms with Gasteiger partial charge in [-0.25, -0.2) is 0 Å². The third-order valence-electron chi connectivity index (χ3n) is 2.39. The number of likely N-dealkylation sites (tertiary alicyclic amines) is 1. The van der Waals surface area contributed by atoms with Crippen LogP contribution in [0.25, 0.3) is 0 Å². The van der Waals surface area contributed by atoms with Crippen LogP contribution >= 0.6 is 0 Å². The van der Waals surface area contributed by atoms with E-state index in [2.05, 4.69) is 5.32 Å². The molecular formula is C9H16N2O3. The van der Waals surface area contributed by atoms with Gasteiger partial charge in [-0.15, -0.1) is 0 Å². The summed E-state index contributed by atoms with van der Waals surface area (Å²) in [6, 6.07) is -0.303. The van der Waals surface area contributed by atoms with E-state index in [0.29, 0.717) is 6.54 Å². The highest BCUT2D eigenvalue weighted by atomic mass is 16.5. The van der Waals surface area contributed by atoms with E-state index in [-0.39, 0.29) is 24.5 Å². The fourth-order valence-electron chi connectivity index (χ4n) is 1.71. The normalized spacial score (nSPS) is 21.0. The molecule has 5 nitrogen and oxygen atoms in total. The van der Waals surface area contributed by atoms with Crippen molar-refractivity contribution in [3.8, 4) is 0 Å². The van der Waals surface area contributed by atoms with Gasteiger partial charge in [-0.1, -0.05) is 0 Å². The summed E-state index contributed by atoms with van der Waals surface area (Å²) in [6.07, 6.45) is 1.63. The van der Waals surface area contributed by atoms with E-state index < -0.39 is 0 Å². The third kappa shape index (κ3) is 2.23. The Bertz CT molecular complexity index is 230. The summed E-state index contributed by atoms with van der Waals surface area (Å²) in [5.41, 5.74) is 0. The molecule has 5 heteroatoms. The molecule has 0 aromatic heterocycles. The smallest absolute Gasteiger partial charge is 0.249 e. The lowest BCUT2D eigenvalue weighted by Crippen LogP contribution is -2.46. The Hall–Kier alpha value is -1.10. The van der Waals surface area contributed by atoms with Crippen molar-refractivity contribution in [1.82, 2.24) is 10.2 Å². The zero-order chi connectivity index (χ0) is 10.6. The molecule has 80 valence electrons. The topological polar surface area (TPSA) is 58.6 Å². The number of carbonyl (C=O) groups excluding carboxylic acids is 2. The number of nitrogens with one attached hydrogen (secondary N) is 1. The molecule has 0 bridgehead atoms. The first-order valence-corrected chi connectivity index (χ1v) is 4.70. The predicted octanol–water partition coefficient (Wildman–Crippen LogP) is -0.630. The summed E-state index contributed by atoms with van der Waals surface area (Å²) in [4.78, 5) is 24.5. The Morgan fingerprint density at radius 1 is 1.57 bits per heavy atom. The Labute approximate surface area is 83.4 Å². The van der Waals surface area contributed by atoms with Gasteiger partial charge in [0.1, 0.15) is 12.6 Å². The first-order valence-electron chi connectivity index (χ1n) is 4.70. The zero-order valence-corrected chi connectivity index (χ0v) is 8.58. The molecule has 2 amide bonds. The Balaban J connectivity index is 2.59. The van der Waals surface area contributed by atoms with Crippen LogP contribution in [0.4, 0.5) is 0 Å². The second-order valence-corrected chi connectivity index (χ2v) is 3.29. The fraction of sp³-hybridized carbons (Fsp3) is 0.778. The van der Waals surface area contributed by atoms with Crippen LogP contribution in [0.2, 0.25) is 0 Å². The van der Waals surface area contributed by atoms with Crippen LogP contribution in [0, 0.1) is 0 Å². The van der Waals surface area contributed by atoms with Gasteiger partial charge in [0.25, 0.3) is 0 Å². The average Bonchev–Trinajstić information content (AvgIpc) is 2.65. The van der Waals surface area contributed by atoms with Crippen LogP contribution in [0.15, 0.2) is 0 Å². The Morgan fingerprint density at radius 3 is 2.86 bits per heavy atom. The number of methoxy groups -OCH3 is 1. The van der Waals surface area contributed by atoms with E-state index in [1.165, 1.54) is 7.11 Å². The van der Waals surface area contributed by atoms with Gasteiger partial charge in [0.2, 0.25) is 11.8 Å². The quantitative estimate of drug-likeness (QED) is 0.660. The van der Waals surface area contributed by atoms with Gasteiger partial charge in [0.05, 0.1) is 0 Å². The van der Waals surface area contributed by atoms with Crippen molar-refractivity contribution in [3.63, 3.8) is 0 Å². The maximum Gasteiger partial charge on any atom is 0.249 e. The van der Waals surface area contributed by atoms with Crippen LogP contribution in [0.1, 0.15) is 12.8 Å². The van der Waals surface area contributed by atoms with Gasteiger partial charge in [0, 0.05) is 20.7 Å². The van der Waals surface area contributed by atoms with E-state index in [0.717, 1.165) is 12.8 Å².